The van der Waals surface area contributed by atoms with Gasteiger partial charge in [0.2, 0.25) is 5.43 Å². The summed E-state index contributed by atoms with van der Waals surface area (Å²) in [5, 5.41) is 13.7. The van der Waals surface area contributed by atoms with Crippen molar-refractivity contribution < 1.29 is 23.8 Å². The number of nitrogens with one attached hydrogen (secondary N) is 1. The molecule has 2 aromatic rings. The number of hydrogen-bond acceptors (Lipinski definition) is 7. The first-order chi connectivity index (χ1) is 19.9. The normalized spacial score (nSPS) is 11.5. The third kappa shape index (κ3) is 7.02. The Bertz CT molecular complexity index is 1740. The standard InChI is InChI=1S/C26H18Cl4I4N2O6/c27-16-14(15(17(28)19(30)18(16)29)26(39)36-2-4-41-6-5-40-3-1-35)13-9-7-11(31)22(37)20(33)24(9)42-25-10(13)8-12(32)23(38)21(25)34/h7-8,37H,1-6,35H2,(H,36,39). The van der Waals surface area contributed by atoms with E-state index in [1.165, 1.54) is 0 Å². The highest BCUT2D eigenvalue weighted by Gasteiger charge is 2.32. The number of fused-ring (bicyclic) bond motifs is 2. The van der Waals surface area contributed by atoms with E-state index in [0.29, 0.717) is 57.2 Å². The molecule has 0 fully saturated rings. The molecule has 4 N–H and O–H groups in total. The lowest BCUT2D eigenvalue weighted by molar-refractivity contribution is 0.0511. The van der Waals surface area contributed by atoms with Crippen molar-refractivity contribution >= 4 is 154 Å². The van der Waals surface area contributed by atoms with Crippen LogP contribution in [0.3, 0.4) is 0 Å². The van der Waals surface area contributed by atoms with Crippen molar-refractivity contribution in [2.75, 3.05) is 39.5 Å². The van der Waals surface area contributed by atoms with E-state index >= 15 is 0 Å². The molecule has 0 unspecified atom stereocenters. The van der Waals surface area contributed by atoms with E-state index in [9.17, 15) is 14.7 Å². The van der Waals surface area contributed by atoms with Crippen LogP contribution in [0.1, 0.15) is 10.4 Å². The van der Waals surface area contributed by atoms with E-state index < -0.39 is 5.91 Å². The lowest BCUT2D eigenvalue weighted by Gasteiger charge is -2.22. The summed E-state index contributed by atoms with van der Waals surface area (Å²) in [6.45, 7) is 1.90. The zero-order valence-electron chi connectivity index (χ0n) is 21.0. The maximum absolute atomic E-state index is 13.7. The third-order valence-corrected chi connectivity index (χ3v) is 11.3. The summed E-state index contributed by atoms with van der Waals surface area (Å²) in [6.07, 6.45) is 0. The van der Waals surface area contributed by atoms with Gasteiger partial charge in [0, 0.05) is 35.2 Å². The van der Waals surface area contributed by atoms with E-state index in [-0.39, 0.29) is 66.9 Å². The highest BCUT2D eigenvalue weighted by molar-refractivity contribution is 14.1. The van der Waals surface area contributed by atoms with Crippen LogP contribution < -0.4 is 16.5 Å². The van der Waals surface area contributed by atoms with Crippen molar-refractivity contribution in [3.63, 3.8) is 0 Å². The number of carbonyl (C=O) groups is 1. The second-order valence-electron chi connectivity index (χ2n) is 8.53. The fourth-order valence-corrected chi connectivity index (χ4v) is 8.68. The first kappa shape index (κ1) is 35.2. The number of carbonyl (C=O) groups excluding carboxylic acids is 1. The van der Waals surface area contributed by atoms with Crippen LogP contribution in [0.25, 0.3) is 33.4 Å². The molecule has 0 radical (unpaired) electrons. The Hall–Kier alpha value is 0.360. The van der Waals surface area contributed by atoms with Crippen LogP contribution in [0.2, 0.25) is 20.1 Å². The number of phenolic OH excluding ortho intramolecular Hbond substituents is 1. The van der Waals surface area contributed by atoms with Crippen molar-refractivity contribution in [2.45, 2.75) is 0 Å². The average molecular weight is 1100 g/mol. The molecule has 1 aliphatic heterocycles. The summed E-state index contributed by atoms with van der Waals surface area (Å²) in [4.78, 5) is 26.6. The van der Waals surface area contributed by atoms with Gasteiger partial charge in [-0.3, -0.25) is 9.59 Å². The first-order valence-electron chi connectivity index (χ1n) is 11.9. The number of ether oxygens (including phenoxy) is 2. The van der Waals surface area contributed by atoms with Crippen molar-refractivity contribution in [1.82, 2.24) is 5.32 Å². The molecule has 2 aliphatic rings. The Morgan fingerprint density at radius 2 is 1.52 bits per heavy atom. The van der Waals surface area contributed by atoms with Gasteiger partial charge in [-0.15, -0.1) is 0 Å². The SMILES string of the molecule is NCCOCCOCCNC(=O)c1c(Cl)c(Cl)c(Cl)c(Cl)c1-c1c2cc(I)c(=O)c(I)c-2oc2c(I)c(O)c(I)cc12. The van der Waals surface area contributed by atoms with E-state index in [1.807, 2.05) is 90.4 Å². The summed E-state index contributed by atoms with van der Waals surface area (Å²) in [5.41, 5.74) is 6.54. The van der Waals surface area contributed by atoms with Gasteiger partial charge in [0.25, 0.3) is 5.91 Å². The lowest BCUT2D eigenvalue weighted by atomic mass is 9.90. The molecule has 1 aliphatic carbocycles. The molecule has 8 nitrogen and oxygen atoms in total. The van der Waals surface area contributed by atoms with Gasteiger partial charge in [0.15, 0.2) is 11.3 Å². The largest absolute Gasteiger partial charge is 0.506 e. The molecule has 0 aromatic heterocycles. The van der Waals surface area contributed by atoms with E-state index in [0.717, 1.165) is 0 Å². The maximum Gasteiger partial charge on any atom is 0.253 e. The highest BCUT2D eigenvalue weighted by atomic mass is 127. The second kappa shape index (κ2) is 15.3. The molecule has 0 spiro atoms. The molecule has 0 atom stereocenters. The Labute approximate surface area is 314 Å². The van der Waals surface area contributed by atoms with E-state index in [1.54, 1.807) is 12.1 Å². The Kier molecular flexibility index (Phi) is 12.8. The summed E-state index contributed by atoms with van der Waals surface area (Å²) in [5.74, 6) is -0.323. The number of phenols is 1. The molecular weight excluding hydrogens is 1090 g/mol. The fraction of sp³-hybridized carbons (Fsp3) is 0.231. The van der Waals surface area contributed by atoms with Gasteiger partial charge < -0.3 is 30.0 Å². The van der Waals surface area contributed by atoms with Crippen molar-refractivity contribution in [1.29, 1.82) is 0 Å². The molecule has 0 saturated carbocycles. The highest BCUT2D eigenvalue weighted by Crippen LogP contribution is 2.52. The van der Waals surface area contributed by atoms with Crippen LogP contribution in [0.4, 0.5) is 0 Å². The van der Waals surface area contributed by atoms with Gasteiger partial charge in [0.1, 0.15) is 9.32 Å². The number of halogens is 8. The number of aromatic hydroxyl groups is 1. The smallest absolute Gasteiger partial charge is 0.253 e. The van der Waals surface area contributed by atoms with Crippen LogP contribution in [0.5, 0.6) is 5.75 Å². The van der Waals surface area contributed by atoms with Gasteiger partial charge in [-0.25, -0.2) is 0 Å². The number of rotatable bonds is 10. The molecule has 42 heavy (non-hydrogen) atoms. The predicted octanol–water partition coefficient (Wildman–Crippen LogP) is 8.02. The first-order valence-corrected chi connectivity index (χ1v) is 17.7. The zero-order valence-corrected chi connectivity index (χ0v) is 32.6. The van der Waals surface area contributed by atoms with Crippen LogP contribution >= 0.6 is 137 Å². The number of hydrogen-bond donors (Lipinski definition) is 3. The minimum Gasteiger partial charge on any atom is -0.506 e. The summed E-state index contributed by atoms with van der Waals surface area (Å²) in [6, 6.07) is 3.35. The van der Waals surface area contributed by atoms with Gasteiger partial charge in [-0.1, -0.05) is 46.4 Å². The maximum atomic E-state index is 13.7. The molecule has 4 rings (SSSR count). The van der Waals surface area contributed by atoms with Crippen LogP contribution in [0, 0.1) is 14.3 Å². The topological polar surface area (TPSA) is 124 Å². The molecule has 224 valence electrons. The second-order valence-corrected chi connectivity index (χ2v) is 14.5. The fourth-order valence-electron chi connectivity index (χ4n) is 4.07. The Morgan fingerprint density at radius 1 is 0.881 bits per heavy atom. The summed E-state index contributed by atoms with van der Waals surface area (Å²) in [7, 11) is 0. The lowest BCUT2D eigenvalue weighted by Crippen LogP contribution is -2.28. The molecule has 16 heteroatoms. The zero-order chi connectivity index (χ0) is 30.9. The van der Waals surface area contributed by atoms with Crippen molar-refractivity contribution in [2.24, 2.45) is 5.73 Å². The van der Waals surface area contributed by atoms with Gasteiger partial charge >= 0.3 is 0 Å². The third-order valence-electron chi connectivity index (χ3n) is 5.93. The quantitative estimate of drug-likeness (QED) is 0.0484. The Morgan fingerprint density at radius 3 is 2.19 bits per heavy atom. The molecular formula is C26H18Cl4I4N2O6. The molecule has 2 aromatic carbocycles. The minimum atomic E-state index is -0.575. The minimum absolute atomic E-state index is 0.00489. The van der Waals surface area contributed by atoms with Gasteiger partial charge in [-0.2, -0.15) is 0 Å². The van der Waals surface area contributed by atoms with Crippen LogP contribution in [-0.2, 0) is 9.47 Å². The Balaban J connectivity index is 1.95. The predicted molar refractivity (Wildman–Crippen MR) is 200 cm³/mol. The van der Waals surface area contributed by atoms with Gasteiger partial charge in [0.05, 0.1) is 62.8 Å². The molecule has 0 bridgehead atoms. The van der Waals surface area contributed by atoms with Gasteiger partial charge in [-0.05, 0) is 102 Å². The average Bonchev–Trinajstić information content (AvgIpc) is 2.96. The summed E-state index contributed by atoms with van der Waals surface area (Å²) >= 11 is 34.4. The van der Waals surface area contributed by atoms with Crippen LogP contribution in [-0.4, -0.2) is 50.5 Å². The van der Waals surface area contributed by atoms with Crippen LogP contribution in [0.15, 0.2) is 21.3 Å². The number of nitrogens with two attached hydrogens (primary N) is 1. The summed E-state index contributed by atoms with van der Waals surface area (Å²) < 4.78 is 18.7. The number of benzene rings is 3. The van der Waals surface area contributed by atoms with Crippen molar-refractivity contribution in [3.8, 4) is 28.2 Å². The number of amides is 1. The molecule has 1 amide bonds. The van der Waals surface area contributed by atoms with Crippen molar-refractivity contribution in [3.05, 3.63) is 62.3 Å². The van der Waals surface area contributed by atoms with E-state index in [4.69, 9.17) is 66.0 Å². The molecule has 1 heterocycles. The van der Waals surface area contributed by atoms with E-state index in [2.05, 4.69) is 5.32 Å². The monoisotopic (exact) mass is 1100 g/mol. The molecule has 0 saturated heterocycles.